The highest BCUT2D eigenvalue weighted by Gasteiger charge is 2.04. The fourth-order valence-electron chi connectivity index (χ4n) is 2.30. The first-order valence-corrected chi connectivity index (χ1v) is 6.78. The van der Waals surface area contributed by atoms with Crippen LogP contribution < -0.4 is 15.8 Å². The molecule has 4 nitrogen and oxygen atoms in total. The summed E-state index contributed by atoms with van der Waals surface area (Å²) in [6.07, 6.45) is 1.79. The van der Waals surface area contributed by atoms with Crippen molar-refractivity contribution in [2.24, 2.45) is 0 Å². The van der Waals surface area contributed by atoms with Crippen molar-refractivity contribution in [3.8, 4) is 5.75 Å². The van der Waals surface area contributed by atoms with Crippen molar-refractivity contribution in [1.29, 1.82) is 0 Å². The number of nitrogen functional groups attached to an aromatic ring is 1. The number of benzene rings is 2. The number of aromatic nitrogens is 1. The molecule has 3 rings (SSSR count). The van der Waals surface area contributed by atoms with Gasteiger partial charge in [-0.15, -0.1) is 0 Å². The van der Waals surface area contributed by atoms with Crippen molar-refractivity contribution in [2.75, 3.05) is 18.2 Å². The number of rotatable bonds is 4. The fraction of sp³-hybridized carbons (Fsp3) is 0.118. The number of methoxy groups -OCH3 is 1. The predicted molar refractivity (Wildman–Crippen MR) is 86.5 cm³/mol. The molecule has 1 aromatic heterocycles. The Kier molecular flexibility index (Phi) is 3.60. The van der Waals surface area contributed by atoms with E-state index < -0.39 is 0 Å². The van der Waals surface area contributed by atoms with Gasteiger partial charge in [0, 0.05) is 23.8 Å². The summed E-state index contributed by atoms with van der Waals surface area (Å²) in [4.78, 5) is 4.41. The minimum atomic E-state index is 0.644. The lowest BCUT2D eigenvalue weighted by molar-refractivity contribution is 0.415. The van der Waals surface area contributed by atoms with Gasteiger partial charge in [-0.25, -0.2) is 4.98 Å². The van der Waals surface area contributed by atoms with Crippen LogP contribution in [0.25, 0.3) is 10.8 Å². The number of nitrogens with zero attached hydrogens (tertiary/aromatic N) is 1. The van der Waals surface area contributed by atoms with Crippen molar-refractivity contribution < 1.29 is 4.74 Å². The van der Waals surface area contributed by atoms with E-state index in [4.69, 9.17) is 10.5 Å². The number of nitrogens with two attached hydrogens (primary N) is 1. The topological polar surface area (TPSA) is 60.2 Å². The van der Waals surface area contributed by atoms with Crippen LogP contribution in [0.2, 0.25) is 0 Å². The van der Waals surface area contributed by atoms with Crippen LogP contribution in [0.15, 0.2) is 54.7 Å². The van der Waals surface area contributed by atoms with E-state index >= 15 is 0 Å². The number of ether oxygens (including phenoxy) is 1. The highest BCUT2D eigenvalue weighted by molar-refractivity contribution is 5.92. The first kappa shape index (κ1) is 13.2. The summed E-state index contributed by atoms with van der Waals surface area (Å²) in [6.45, 7) is 0.644. The maximum Gasteiger partial charge on any atom is 0.134 e. The van der Waals surface area contributed by atoms with Crippen molar-refractivity contribution in [2.45, 2.75) is 6.54 Å². The molecule has 21 heavy (non-hydrogen) atoms. The molecule has 0 aliphatic rings. The maximum atomic E-state index is 5.96. The van der Waals surface area contributed by atoms with Gasteiger partial charge in [-0.3, -0.25) is 0 Å². The Morgan fingerprint density at radius 1 is 1.14 bits per heavy atom. The third-order valence-electron chi connectivity index (χ3n) is 3.47. The van der Waals surface area contributed by atoms with Gasteiger partial charge in [0.1, 0.15) is 11.6 Å². The number of fused-ring (bicyclic) bond motifs is 1. The van der Waals surface area contributed by atoms with Crippen LogP contribution in [0.3, 0.4) is 0 Å². The summed E-state index contributed by atoms with van der Waals surface area (Å²) in [5, 5.41) is 5.50. The summed E-state index contributed by atoms with van der Waals surface area (Å²) in [7, 11) is 1.67. The Morgan fingerprint density at radius 3 is 2.81 bits per heavy atom. The molecule has 0 bridgehead atoms. The summed E-state index contributed by atoms with van der Waals surface area (Å²) < 4.78 is 5.25. The molecule has 1 heterocycles. The summed E-state index contributed by atoms with van der Waals surface area (Å²) in [6, 6.07) is 15.7. The molecule has 106 valence electrons. The van der Waals surface area contributed by atoms with Gasteiger partial charge in [-0.05, 0) is 41.3 Å². The zero-order valence-corrected chi connectivity index (χ0v) is 11.8. The molecule has 0 aliphatic carbocycles. The van der Waals surface area contributed by atoms with Gasteiger partial charge in [0.15, 0.2) is 0 Å². The highest BCUT2D eigenvalue weighted by Crippen LogP contribution is 2.25. The fourth-order valence-corrected chi connectivity index (χ4v) is 2.30. The van der Waals surface area contributed by atoms with Crippen molar-refractivity contribution in [3.05, 3.63) is 60.3 Å². The van der Waals surface area contributed by atoms with Gasteiger partial charge in [0.25, 0.3) is 0 Å². The minimum absolute atomic E-state index is 0.644. The summed E-state index contributed by atoms with van der Waals surface area (Å²) >= 11 is 0. The predicted octanol–water partition coefficient (Wildman–Crippen LogP) is 3.44. The van der Waals surface area contributed by atoms with E-state index in [1.54, 1.807) is 13.3 Å². The van der Waals surface area contributed by atoms with Crippen LogP contribution in [0, 0.1) is 0 Å². The second kappa shape index (κ2) is 5.71. The van der Waals surface area contributed by atoms with E-state index in [0.29, 0.717) is 6.54 Å². The molecule has 0 radical (unpaired) electrons. The van der Waals surface area contributed by atoms with Gasteiger partial charge in [0.2, 0.25) is 0 Å². The average Bonchev–Trinajstić information content (AvgIpc) is 2.53. The van der Waals surface area contributed by atoms with Crippen molar-refractivity contribution in [1.82, 2.24) is 4.98 Å². The smallest absolute Gasteiger partial charge is 0.134 e. The molecule has 0 aliphatic heterocycles. The maximum absolute atomic E-state index is 5.96. The number of nitrogens with one attached hydrogen (secondary N) is 1. The monoisotopic (exact) mass is 279 g/mol. The Hall–Kier alpha value is -2.75. The second-order valence-electron chi connectivity index (χ2n) is 4.80. The van der Waals surface area contributed by atoms with Gasteiger partial charge < -0.3 is 15.8 Å². The number of anilines is 2. The summed E-state index contributed by atoms with van der Waals surface area (Å²) in [5.74, 6) is 1.69. The molecule has 0 fully saturated rings. The molecule has 3 aromatic rings. The second-order valence-corrected chi connectivity index (χ2v) is 4.80. The van der Waals surface area contributed by atoms with E-state index in [1.807, 2.05) is 48.5 Å². The molecule has 0 spiro atoms. The Labute approximate surface area is 123 Å². The first-order valence-electron chi connectivity index (χ1n) is 6.78. The molecule has 0 saturated heterocycles. The first-order chi connectivity index (χ1) is 10.3. The highest BCUT2D eigenvalue weighted by atomic mass is 16.5. The molecular weight excluding hydrogens is 262 g/mol. The average molecular weight is 279 g/mol. The van der Waals surface area contributed by atoms with Crippen molar-refractivity contribution in [3.63, 3.8) is 0 Å². The Bertz CT molecular complexity index is 771. The SMILES string of the molecule is COc1ccc2c(NCc3ccccc3N)nccc2c1. The van der Waals surface area contributed by atoms with Crippen LogP contribution >= 0.6 is 0 Å². The molecule has 0 saturated carbocycles. The number of para-hydroxylation sites is 1. The van der Waals surface area contributed by atoms with E-state index in [9.17, 15) is 0 Å². The lowest BCUT2D eigenvalue weighted by Crippen LogP contribution is -2.04. The largest absolute Gasteiger partial charge is 0.497 e. The summed E-state index contributed by atoms with van der Waals surface area (Å²) in [5.41, 5.74) is 7.80. The minimum Gasteiger partial charge on any atom is -0.497 e. The van der Waals surface area contributed by atoms with E-state index in [-0.39, 0.29) is 0 Å². The Balaban J connectivity index is 1.89. The lowest BCUT2D eigenvalue weighted by Gasteiger charge is -2.11. The van der Waals surface area contributed by atoms with Crippen LogP contribution in [0.1, 0.15) is 5.56 Å². The molecule has 0 amide bonds. The van der Waals surface area contributed by atoms with Crippen molar-refractivity contribution >= 4 is 22.3 Å². The standard InChI is InChI=1S/C17H17N3O/c1-21-14-6-7-15-12(10-14)8-9-19-17(15)20-11-13-4-2-3-5-16(13)18/h2-10H,11,18H2,1H3,(H,19,20). The van der Waals surface area contributed by atoms with Gasteiger partial charge in [-0.2, -0.15) is 0 Å². The number of hydrogen-bond donors (Lipinski definition) is 2. The molecule has 0 unspecified atom stereocenters. The van der Waals surface area contributed by atoms with E-state index in [0.717, 1.165) is 33.6 Å². The van der Waals surface area contributed by atoms with Crippen LogP contribution in [0.4, 0.5) is 11.5 Å². The van der Waals surface area contributed by atoms with Gasteiger partial charge in [-0.1, -0.05) is 18.2 Å². The van der Waals surface area contributed by atoms with Gasteiger partial charge in [0.05, 0.1) is 7.11 Å². The van der Waals surface area contributed by atoms with Crippen LogP contribution in [-0.2, 0) is 6.54 Å². The molecule has 3 N–H and O–H groups in total. The zero-order valence-electron chi connectivity index (χ0n) is 11.8. The lowest BCUT2D eigenvalue weighted by atomic mass is 10.1. The zero-order chi connectivity index (χ0) is 14.7. The molecular formula is C17H17N3O. The number of pyridine rings is 1. The van der Waals surface area contributed by atoms with E-state index in [1.165, 1.54) is 0 Å². The third kappa shape index (κ3) is 2.74. The van der Waals surface area contributed by atoms with E-state index in [2.05, 4.69) is 10.3 Å². The Morgan fingerprint density at radius 2 is 2.00 bits per heavy atom. The molecule has 2 aromatic carbocycles. The van der Waals surface area contributed by atoms with Crippen LogP contribution in [-0.4, -0.2) is 12.1 Å². The third-order valence-corrected chi connectivity index (χ3v) is 3.47. The van der Waals surface area contributed by atoms with Gasteiger partial charge >= 0.3 is 0 Å². The normalized spacial score (nSPS) is 10.5. The quantitative estimate of drug-likeness (QED) is 0.718. The molecule has 0 atom stereocenters. The number of hydrogen-bond acceptors (Lipinski definition) is 4. The molecule has 4 heteroatoms. The van der Waals surface area contributed by atoms with Crippen LogP contribution in [0.5, 0.6) is 5.75 Å².